The molecule has 1 aliphatic rings. The predicted molar refractivity (Wildman–Crippen MR) is 89.5 cm³/mol. The number of nitrogens with zero attached hydrogens (tertiary/aromatic N) is 3. The Bertz CT molecular complexity index is 949. The molecule has 3 heterocycles. The first kappa shape index (κ1) is 19.9. The van der Waals surface area contributed by atoms with Gasteiger partial charge >= 0.3 is 12.1 Å². The van der Waals surface area contributed by atoms with Crippen LogP contribution < -0.4 is 11.1 Å². The van der Waals surface area contributed by atoms with Crippen LogP contribution in [0, 0.1) is 11.8 Å². The molecule has 0 radical (unpaired) electrons. The second kappa shape index (κ2) is 7.63. The summed E-state index contributed by atoms with van der Waals surface area (Å²) in [5.41, 5.74) is 6.55. The normalized spacial score (nSPS) is 22.1. The Morgan fingerprint density at radius 1 is 1.46 bits per heavy atom. The second-order valence-corrected chi connectivity index (χ2v) is 6.00. The van der Waals surface area contributed by atoms with Gasteiger partial charge in [-0.1, -0.05) is 11.8 Å². The second-order valence-electron chi connectivity index (χ2n) is 6.00. The lowest BCUT2D eigenvalue weighted by molar-refractivity contribution is -0.173. The van der Waals surface area contributed by atoms with Gasteiger partial charge in [-0.25, -0.2) is 9.97 Å². The number of carbonyl (C=O) groups is 1. The summed E-state index contributed by atoms with van der Waals surface area (Å²) < 4.78 is 43.7. The molecule has 0 saturated carbocycles. The molecule has 1 saturated heterocycles. The monoisotopic (exact) mass is 399 g/mol. The highest BCUT2D eigenvalue weighted by atomic mass is 19.4. The van der Waals surface area contributed by atoms with Gasteiger partial charge in [0.25, 0.3) is 0 Å². The number of anilines is 1. The lowest BCUT2D eigenvalue weighted by Crippen LogP contribution is -2.36. The minimum absolute atomic E-state index is 0.102. The highest BCUT2D eigenvalue weighted by Crippen LogP contribution is 2.33. The quantitative estimate of drug-likeness (QED) is 0.520. The summed E-state index contributed by atoms with van der Waals surface area (Å²) in [7, 11) is 0. The van der Waals surface area contributed by atoms with Crippen LogP contribution in [0.15, 0.2) is 12.5 Å². The number of fused-ring (bicyclic) bond motifs is 1. The minimum Gasteiger partial charge on any atom is -0.394 e. The Morgan fingerprint density at radius 3 is 2.86 bits per heavy atom. The zero-order valence-electron chi connectivity index (χ0n) is 14.3. The molecular formula is C16H16F3N5O4. The molecule has 0 aliphatic carbocycles. The van der Waals surface area contributed by atoms with E-state index in [0.717, 1.165) is 0 Å². The van der Waals surface area contributed by atoms with Crippen molar-refractivity contribution >= 4 is 22.8 Å². The maximum Gasteiger partial charge on any atom is 0.471 e. The zero-order valence-corrected chi connectivity index (χ0v) is 14.3. The van der Waals surface area contributed by atoms with Crippen LogP contribution in [-0.2, 0) is 9.53 Å². The highest BCUT2D eigenvalue weighted by Gasteiger charge is 2.38. The highest BCUT2D eigenvalue weighted by molar-refractivity contribution is 5.92. The molecule has 0 aromatic carbocycles. The number of aromatic nitrogens is 3. The molecule has 9 nitrogen and oxygen atoms in total. The van der Waals surface area contributed by atoms with Crippen molar-refractivity contribution in [3.8, 4) is 11.8 Å². The molecule has 2 aromatic heterocycles. The van der Waals surface area contributed by atoms with Gasteiger partial charge in [-0.3, -0.25) is 4.79 Å². The molecule has 5 N–H and O–H groups in total. The fraction of sp³-hybridized carbons (Fsp3) is 0.438. The average molecular weight is 399 g/mol. The fourth-order valence-corrected chi connectivity index (χ4v) is 2.84. The van der Waals surface area contributed by atoms with E-state index in [9.17, 15) is 28.2 Å². The maximum absolute atomic E-state index is 12.2. The van der Waals surface area contributed by atoms with Gasteiger partial charge in [0.05, 0.1) is 30.2 Å². The van der Waals surface area contributed by atoms with Gasteiger partial charge in [-0.15, -0.1) is 0 Å². The number of ether oxygens (including phenoxy) is 1. The Kier molecular flexibility index (Phi) is 5.41. The van der Waals surface area contributed by atoms with Crippen LogP contribution >= 0.6 is 0 Å². The number of nitrogens with two attached hydrogens (primary N) is 1. The fourth-order valence-electron chi connectivity index (χ4n) is 2.84. The first-order valence-corrected chi connectivity index (χ1v) is 8.11. The summed E-state index contributed by atoms with van der Waals surface area (Å²) in [6, 6.07) is 0. The molecule has 28 heavy (non-hydrogen) atoms. The van der Waals surface area contributed by atoms with Gasteiger partial charge in [-0.2, -0.15) is 13.2 Å². The summed E-state index contributed by atoms with van der Waals surface area (Å²) in [6.45, 7) is -0.886. The summed E-state index contributed by atoms with van der Waals surface area (Å²) in [6.07, 6.45) is -4.33. The predicted octanol–water partition coefficient (Wildman–Crippen LogP) is -0.316. The van der Waals surface area contributed by atoms with E-state index in [0.29, 0.717) is 16.6 Å². The summed E-state index contributed by atoms with van der Waals surface area (Å²) in [5.74, 6) is 3.07. The third kappa shape index (κ3) is 3.86. The van der Waals surface area contributed by atoms with Crippen molar-refractivity contribution in [1.82, 2.24) is 19.9 Å². The number of nitrogens with one attached hydrogen (secondary N) is 1. The molecule has 150 valence electrons. The number of halogens is 3. The van der Waals surface area contributed by atoms with Crippen LogP contribution in [0.3, 0.4) is 0 Å². The number of aliphatic hydroxyl groups is 2. The number of amides is 1. The Hall–Kier alpha value is -2.88. The van der Waals surface area contributed by atoms with E-state index in [-0.39, 0.29) is 18.8 Å². The van der Waals surface area contributed by atoms with Crippen molar-refractivity contribution in [3.05, 3.63) is 18.1 Å². The number of aliphatic hydroxyl groups excluding tert-OH is 2. The van der Waals surface area contributed by atoms with Crippen molar-refractivity contribution in [3.63, 3.8) is 0 Å². The molecule has 0 bridgehead atoms. The van der Waals surface area contributed by atoms with Gasteiger partial charge in [0, 0.05) is 12.6 Å². The third-order valence-electron chi connectivity index (χ3n) is 4.15. The van der Waals surface area contributed by atoms with E-state index in [1.165, 1.54) is 12.5 Å². The van der Waals surface area contributed by atoms with E-state index in [1.807, 2.05) is 0 Å². The first-order valence-electron chi connectivity index (χ1n) is 8.11. The number of carbonyl (C=O) groups excluding carboxylic acids is 1. The van der Waals surface area contributed by atoms with Crippen molar-refractivity contribution < 1.29 is 32.9 Å². The minimum atomic E-state index is -4.99. The van der Waals surface area contributed by atoms with Gasteiger partial charge in [0.2, 0.25) is 0 Å². The van der Waals surface area contributed by atoms with Crippen LogP contribution in [0.5, 0.6) is 0 Å². The van der Waals surface area contributed by atoms with Gasteiger partial charge < -0.3 is 30.6 Å². The molecule has 2 aromatic rings. The molecule has 1 unspecified atom stereocenters. The van der Waals surface area contributed by atoms with E-state index in [2.05, 4.69) is 21.8 Å². The Morgan fingerprint density at radius 2 is 2.21 bits per heavy atom. The van der Waals surface area contributed by atoms with Crippen molar-refractivity contribution in [2.45, 2.75) is 31.0 Å². The Labute approximate surface area is 156 Å². The zero-order chi connectivity index (χ0) is 20.5. The molecule has 0 spiro atoms. The summed E-state index contributed by atoms with van der Waals surface area (Å²) in [5, 5.41) is 21.2. The molecule has 3 atom stereocenters. The molecule has 1 fully saturated rings. The van der Waals surface area contributed by atoms with Gasteiger partial charge in [0.1, 0.15) is 30.1 Å². The molecule has 12 heteroatoms. The van der Waals surface area contributed by atoms with E-state index >= 15 is 0 Å². The van der Waals surface area contributed by atoms with Crippen LogP contribution in [0.25, 0.3) is 11.0 Å². The van der Waals surface area contributed by atoms with Crippen molar-refractivity contribution in [1.29, 1.82) is 0 Å². The number of hydrogen-bond donors (Lipinski definition) is 4. The molecule has 1 aliphatic heterocycles. The number of rotatable bonds is 3. The third-order valence-corrected chi connectivity index (χ3v) is 4.15. The maximum atomic E-state index is 12.2. The van der Waals surface area contributed by atoms with Crippen LogP contribution in [0.1, 0.15) is 18.2 Å². The molecular weight excluding hydrogens is 383 g/mol. The molecule has 3 rings (SSSR count). The number of alkyl halides is 3. The van der Waals surface area contributed by atoms with E-state index in [4.69, 9.17) is 10.5 Å². The average Bonchev–Trinajstić information content (AvgIpc) is 3.18. The lowest BCUT2D eigenvalue weighted by atomic mass is 10.2. The van der Waals surface area contributed by atoms with E-state index in [1.54, 1.807) is 9.88 Å². The first-order chi connectivity index (χ1) is 13.2. The summed E-state index contributed by atoms with van der Waals surface area (Å²) in [4.78, 5) is 18.8. The van der Waals surface area contributed by atoms with Gasteiger partial charge in [-0.05, 0) is 0 Å². The Balaban J connectivity index is 1.88. The number of nitrogen functional groups attached to an aromatic ring is 1. The van der Waals surface area contributed by atoms with Crippen molar-refractivity contribution in [2.75, 3.05) is 18.9 Å². The van der Waals surface area contributed by atoms with Crippen LogP contribution in [-0.4, -0.2) is 62.2 Å². The topological polar surface area (TPSA) is 136 Å². The van der Waals surface area contributed by atoms with Crippen molar-refractivity contribution in [2.24, 2.45) is 0 Å². The van der Waals surface area contributed by atoms with Gasteiger partial charge in [0.15, 0.2) is 0 Å². The SMILES string of the molecule is Nc1ncnc2c1c(C#CCNC(=O)C(F)(F)F)cn2[C@H]1CC(O)[C@@H](CO)O1. The van der Waals surface area contributed by atoms with Crippen LogP contribution in [0.2, 0.25) is 0 Å². The number of hydrogen-bond acceptors (Lipinski definition) is 7. The lowest BCUT2D eigenvalue weighted by Gasteiger charge is -2.14. The van der Waals surface area contributed by atoms with E-state index < -0.39 is 37.1 Å². The standard InChI is InChI=1S/C16H16F3N5O4/c17-16(18,19)15(27)21-3-1-2-8-5-24(11-4-9(26)10(6-25)28-11)14-12(8)13(20)22-7-23-14/h5,7,9-11,25-26H,3-4,6H2,(H,21,27)(H2,20,22,23)/t9?,10-,11-/m1/s1. The van der Waals surface area contributed by atoms with Crippen LogP contribution in [0.4, 0.5) is 19.0 Å². The molecule has 1 amide bonds. The largest absolute Gasteiger partial charge is 0.471 e. The summed E-state index contributed by atoms with van der Waals surface area (Å²) >= 11 is 0. The smallest absolute Gasteiger partial charge is 0.394 e.